The van der Waals surface area contributed by atoms with Crippen LogP contribution in [0.25, 0.3) is 104 Å². The Labute approximate surface area is 401 Å². The van der Waals surface area contributed by atoms with Gasteiger partial charge in [-0.05, 0) is 121 Å². The highest BCUT2D eigenvalue weighted by molar-refractivity contribution is 7.29. The average molecular weight is 901 g/mol. The van der Waals surface area contributed by atoms with Crippen molar-refractivity contribution in [2.45, 2.75) is 78.6 Å². The number of anilines is 2. The molecule has 0 unspecified atom stereocenters. The van der Waals surface area contributed by atoms with Crippen molar-refractivity contribution >= 4 is 116 Å². The number of rotatable bonds is 4. The van der Waals surface area contributed by atoms with Crippen molar-refractivity contribution in [3.8, 4) is 27.9 Å². The zero-order valence-corrected chi connectivity index (χ0v) is 41.1. The minimum absolute atomic E-state index is 0.0169. The summed E-state index contributed by atoms with van der Waals surface area (Å²) in [6.07, 6.45) is 0. The van der Waals surface area contributed by atoms with Gasteiger partial charge in [0.1, 0.15) is 22.3 Å². The topological polar surface area (TPSA) is 43.2 Å². The first kappa shape index (κ1) is 41.2. The summed E-state index contributed by atoms with van der Waals surface area (Å²) >= 11 is 1.93. The number of para-hydroxylation sites is 1. The molecule has 0 fully saturated rings. The van der Waals surface area contributed by atoms with E-state index in [1.165, 1.54) is 81.2 Å². The van der Waals surface area contributed by atoms with Gasteiger partial charge in [0, 0.05) is 54.0 Å². The van der Waals surface area contributed by atoms with Crippen molar-refractivity contribution in [2.75, 3.05) is 5.32 Å². The van der Waals surface area contributed by atoms with E-state index in [9.17, 15) is 0 Å². The van der Waals surface area contributed by atoms with Gasteiger partial charge in [-0.25, -0.2) is 0 Å². The van der Waals surface area contributed by atoms with Gasteiger partial charge in [0.05, 0.1) is 22.1 Å². The zero-order valence-electron chi connectivity index (χ0n) is 40.2. The van der Waals surface area contributed by atoms with E-state index in [-0.39, 0.29) is 16.2 Å². The van der Waals surface area contributed by atoms with Crippen molar-refractivity contribution in [3.63, 3.8) is 0 Å². The Morgan fingerprint density at radius 2 is 1.21 bits per heavy atom. The second kappa shape index (κ2) is 14.3. The molecule has 332 valence electrons. The Kier molecular flexibility index (Phi) is 8.64. The molecule has 5 heterocycles. The molecule has 0 aliphatic carbocycles. The summed E-state index contributed by atoms with van der Waals surface area (Å²) in [5.41, 5.74) is 19.1. The van der Waals surface area contributed by atoms with Gasteiger partial charge >= 0.3 is 0 Å². The summed E-state index contributed by atoms with van der Waals surface area (Å²) in [5.74, 6) is 0. The smallest absolute Gasteiger partial charge is 0.211 e. The highest BCUT2D eigenvalue weighted by Crippen LogP contribution is 2.50. The lowest BCUT2D eigenvalue weighted by molar-refractivity contribution is 0.587. The van der Waals surface area contributed by atoms with E-state index >= 15 is 0 Å². The van der Waals surface area contributed by atoms with Crippen LogP contribution in [0.2, 0.25) is 0 Å². The van der Waals surface area contributed by atoms with Gasteiger partial charge < -0.3 is 18.7 Å². The third-order valence-corrected chi connectivity index (χ3v) is 15.8. The molecular formula is C62H53BN2O2S. The SMILES string of the molecule is CC(C)(C)c1ccc(Nc2cc3c(cc2-c2c4c5c(c6cc(C(C)(C)C)ccc6n5-c5c(sc6ccc(-c7ccccc7)cc56)B4)c4oc5ccccc5c24)oc2cc(C(C)(C)C)ccc23)cc1. The summed E-state index contributed by atoms with van der Waals surface area (Å²) in [4.78, 5) is 0. The van der Waals surface area contributed by atoms with Crippen LogP contribution in [0, 0.1) is 0 Å². The molecule has 4 aromatic heterocycles. The van der Waals surface area contributed by atoms with Gasteiger partial charge in [-0.3, -0.25) is 0 Å². The van der Waals surface area contributed by atoms with Gasteiger partial charge in [-0.2, -0.15) is 0 Å². The third kappa shape index (κ3) is 6.19. The molecule has 0 radical (unpaired) electrons. The number of aromatic nitrogens is 1. The largest absolute Gasteiger partial charge is 0.456 e. The van der Waals surface area contributed by atoms with Gasteiger partial charge in [-0.1, -0.05) is 147 Å². The molecule has 1 N–H and O–H groups in total. The van der Waals surface area contributed by atoms with E-state index in [1.54, 1.807) is 0 Å². The van der Waals surface area contributed by atoms with Gasteiger partial charge in [0.2, 0.25) is 7.28 Å². The quantitative estimate of drug-likeness (QED) is 0.179. The molecule has 0 atom stereocenters. The van der Waals surface area contributed by atoms with Crippen LogP contribution in [0.15, 0.2) is 154 Å². The molecule has 0 saturated heterocycles. The Hall–Kier alpha value is -7.02. The number of nitrogens with zero attached hydrogens (tertiary/aromatic N) is 1. The molecule has 4 nitrogen and oxygen atoms in total. The van der Waals surface area contributed by atoms with Crippen molar-refractivity contribution in [1.29, 1.82) is 0 Å². The average Bonchev–Trinajstić information content (AvgIpc) is 4.07. The molecule has 68 heavy (non-hydrogen) atoms. The van der Waals surface area contributed by atoms with Crippen molar-refractivity contribution < 1.29 is 8.83 Å². The van der Waals surface area contributed by atoms with Crippen LogP contribution in [0.5, 0.6) is 0 Å². The van der Waals surface area contributed by atoms with Crippen LogP contribution >= 0.6 is 11.3 Å². The normalized spacial score (nSPS) is 13.2. The lowest BCUT2D eigenvalue weighted by atomic mass is 9.62. The van der Waals surface area contributed by atoms with Crippen molar-refractivity contribution in [2.24, 2.45) is 0 Å². The van der Waals surface area contributed by atoms with E-state index in [1.807, 2.05) is 11.3 Å². The summed E-state index contributed by atoms with van der Waals surface area (Å²) < 4.78 is 19.5. The van der Waals surface area contributed by atoms with Crippen LogP contribution in [-0.2, 0) is 16.2 Å². The highest BCUT2D eigenvalue weighted by atomic mass is 32.1. The van der Waals surface area contributed by atoms with E-state index in [0.29, 0.717) is 0 Å². The van der Waals surface area contributed by atoms with Gasteiger partial charge in [0.15, 0.2) is 0 Å². The second-order valence-corrected chi connectivity index (χ2v) is 23.4. The maximum absolute atomic E-state index is 7.26. The standard InChI is InChI=1S/C62H53BN2O2S/c1-60(2,3)36-20-24-39(25-21-36)64-46-32-42-40-26-22-38(62(7,8)9)31-49(40)66-50(42)33-43(46)52-53-41-17-13-14-18-48(41)67-58(53)54-44-30-37(61(4,5)6)23-27-47(44)65-56-45-29-35(34-15-11-10-12-16-34)19-28-51(45)68-59(56)63-55(52)57(54)65/h10-33,63-64H,1-9H3. The molecule has 0 spiro atoms. The minimum atomic E-state index is -0.0509. The monoisotopic (exact) mass is 900 g/mol. The Morgan fingerprint density at radius 1 is 0.515 bits per heavy atom. The number of furan rings is 2. The van der Waals surface area contributed by atoms with Gasteiger partial charge in [0.25, 0.3) is 0 Å². The number of nitrogens with one attached hydrogen (secondary N) is 1. The maximum Gasteiger partial charge on any atom is 0.211 e. The fourth-order valence-corrected chi connectivity index (χ4v) is 12.2. The fraction of sp³-hybridized carbons (Fsp3) is 0.194. The van der Waals surface area contributed by atoms with Crippen LogP contribution < -0.4 is 15.6 Å². The van der Waals surface area contributed by atoms with Crippen molar-refractivity contribution in [1.82, 2.24) is 4.57 Å². The molecule has 6 heteroatoms. The predicted molar refractivity (Wildman–Crippen MR) is 294 cm³/mol. The van der Waals surface area contributed by atoms with E-state index < -0.39 is 0 Å². The minimum Gasteiger partial charge on any atom is -0.456 e. The van der Waals surface area contributed by atoms with Crippen LogP contribution in [0.4, 0.5) is 11.4 Å². The molecule has 0 amide bonds. The molecule has 12 aromatic rings. The maximum atomic E-state index is 7.26. The number of benzene rings is 8. The lowest BCUT2D eigenvalue weighted by Gasteiger charge is -2.23. The molecule has 1 aliphatic rings. The Bertz CT molecular complexity index is 4070. The van der Waals surface area contributed by atoms with Crippen LogP contribution in [0.1, 0.15) is 79.0 Å². The van der Waals surface area contributed by atoms with Gasteiger partial charge in [-0.15, -0.1) is 11.3 Å². The number of fused-ring (bicyclic) bond motifs is 14. The van der Waals surface area contributed by atoms with Crippen LogP contribution in [-0.4, -0.2) is 11.8 Å². The first-order valence-electron chi connectivity index (χ1n) is 24.0. The van der Waals surface area contributed by atoms with E-state index in [0.717, 1.165) is 68.1 Å². The summed E-state index contributed by atoms with van der Waals surface area (Å²) in [6, 6.07) is 54.0. The molecule has 8 aromatic carbocycles. The first-order chi connectivity index (χ1) is 32.6. The van der Waals surface area contributed by atoms with Crippen molar-refractivity contribution in [3.05, 3.63) is 162 Å². The lowest BCUT2D eigenvalue weighted by Crippen LogP contribution is -2.35. The number of thiophene rings is 1. The molecule has 0 bridgehead atoms. The first-order valence-corrected chi connectivity index (χ1v) is 24.8. The molecule has 0 saturated carbocycles. The summed E-state index contributed by atoms with van der Waals surface area (Å²) in [6.45, 7) is 20.5. The number of hydrogen-bond acceptors (Lipinski definition) is 4. The Balaban J connectivity index is 1.18. The third-order valence-electron chi connectivity index (χ3n) is 14.7. The fourth-order valence-electron chi connectivity index (χ4n) is 11.0. The number of hydrogen-bond donors (Lipinski definition) is 1. The molecule has 13 rings (SSSR count). The van der Waals surface area contributed by atoms with Crippen LogP contribution in [0.3, 0.4) is 0 Å². The Morgan fingerprint density at radius 3 is 1.97 bits per heavy atom. The predicted octanol–water partition coefficient (Wildman–Crippen LogP) is 16.5. The molecular weight excluding hydrogens is 848 g/mol. The highest BCUT2D eigenvalue weighted by Gasteiger charge is 2.35. The van der Waals surface area contributed by atoms with E-state index in [4.69, 9.17) is 8.83 Å². The van der Waals surface area contributed by atoms with E-state index in [2.05, 4.69) is 218 Å². The summed E-state index contributed by atoms with van der Waals surface area (Å²) in [7, 11) is 0.770. The second-order valence-electron chi connectivity index (χ2n) is 22.2. The summed E-state index contributed by atoms with van der Waals surface area (Å²) in [5, 5.41) is 12.1. The zero-order chi connectivity index (χ0) is 46.6. The molecule has 1 aliphatic heterocycles.